The molecule has 0 aliphatic rings. The number of aromatic nitrogens is 2. The summed E-state index contributed by atoms with van der Waals surface area (Å²) in [5.41, 5.74) is 1.73. The Morgan fingerprint density at radius 2 is 1.57 bits per heavy atom. The molecule has 0 saturated heterocycles. The van der Waals surface area contributed by atoms with Gasteiger partial charge in [0.25, 0.3) is 21.5 Å². The van der Waals surface area contributed by atoms with Gasteiger partial charge in [-0.05, 0) is 42.8 Å². The summed E-state index contributed by atoms with van der Waals surface area (Å²) in [7, 11) is -0.787. The van der Waals surface area contributed by atoms with E-state index in [4.69, 9.17) is 0 Å². The monoisotopic (exact) mass is 490 g/mol. The van der Waals surface area contributed by atoms with Gasteiger partial charge in [-0.15, -0.1) is 0 Å². The molecule has 0 fully saturated rings. The van der Waals surface area contributed by atoms with Gasteiger partial charge in [0, 0.05) is 26.2 Å². The summed E-state index contributed by atoms with van der Waals surface area (Å²) in [5, 5.41) is 0. The molecule has 0 aliphatic heterocycles. The van der Waals surface area contributed by atoms with Gasteiger partial charge in [-0.25, -0.2) is 13.1 Å². The molecule has 0 saturated carbocycles. The molecule has 3 aromatic carbocycles. The number of hydrogen-bond acceptors (Lipinski definition) is 4. The summed E-state index contributed by atoms with van der Waals surface area (Å²) in [5.74, 6) is -0.312. The fourth-order valence-electron chi connectivity index (χ4n) is 3.82. The maximum absolute atomic E-state index is 13.2. The second kappa shape index (κ2) is 9.63. The van der Waals surface area contributed by atoms with Gasteiger partial charge in [-0.3, -0.25) is 19.0 Å². The van der Waals surface area contributed by atoms with Crippen LogP contribution in [0.3, 0.4) is 0 Å². The van der Waals surface area contributed by atoms with Crippen molar-refractivity contribution >= 4 is 21.6 Å². The lowest BCUT2D eigenvalue weighted by Gasteiger charge is -2.18. The van der Waals surface area contributed by atoms with Crippen molar-refractivity contribution in [2.45, 2.75) is 18.4 Å². The molecule has 35 heavy (non-hydrogen) atoms. The highest BCUT2D eigenvalue weighted by Gasteiger charge is 2.23. The first-order chi connectivity index (χ1) is 16.7. The van der Waals surface area contributed by atoms with Crippen LogP contribution in [0.4, 0.5) is 5.69 Å². The van der Waals surface area contributed by atoms with Crippen molar-refractivity contribution in [2.75, 3.05) is 11.8 Å². The molecule has 8 nitrogen and oxygen atoms in total. The molecule has 0 radical (unpaired) electrons. The molecular formula is C26H26N4O4S. The summed E-state index contributed by atoms with van der Waals surface area (Å²) >= 11 is 0. The van der Waals surface area contributed by atoms with Gasteiger partial charge in [0.2, 0.25) is 0 Å². The summed E-state index contributed by atoms with van der Waals surface area (Å²) in [6, 6.07) is 24.3. The van der Waals surface area contributed by atoms with E-state index in [2.05, 4.69) is 4.72 Å². The molecule has 0 unspecified atom stereocenters. The van der Waals surface area contributed by atoms with Crippen LogP contribution < -0.4 is 10.3 Å². The van der Waals surface area contributed by atoms with Crippen LogP contribution in [0.2, 0.25) is 0 Å². The van der Waals surface area contributed by atoms with Gasteiger partial charge in [-0.2, -0.15) is 0 Å². The maximum Gasteiger partial charge on any atom is 0.296 e. The Hall–Kier alpha value is -4.11. The lowest BCUT2D eigenvalue weighted by atomic mass is 10.1. The summed E-state index contributed by atoms with van der Waals surface area (Å²) < 4.78 is 31.8. The van der Waals surface area contributed by atoms with E-state index in [-0.39, 0.29) is 22.1 Å². The lowest BCUT2D eigenvalue weighted by Crippen LogP contribution is -2.26. The zero-order valence-electron chi connectivity index (χ0n) is 19.7. The van der Waals surface area contributed by atoms with Crippen LogP contribution >= 0.6 is 0 Å². The first kappa shape index (κ1) is 24.0. The Bertz CT molecular complexity index is 1520. The lowest BCUT2D eigenvalue weighted by molar-refractivity contribution is 0.0785. The van der Waals surface area contributed by atoms with Gasteiger partial charge in [0.1, 0.15) is 5.69 Å². The first-order valence-corrected chi connectivity index (χ1v) is 12.4. The standard InChI is InChI=1S/C26H26N4O4S/c1-19-24(26(32)30(29(19)3)22-14-8-5-9-15-22)27-35(33,34)23-16-10-13-21(17-23)25(31)28(2)18-20-11-6-4-7-12-20/h4-17,27H,18H2,1-3H3. The molecule has 1 heterocycles. The van der Waals surface area contributed by atoms with Crippen LogP contribution in [0.15, 0.2) is 94.6 Å². The largest absolute Gasteiger partial charge is 0.337 e. The number of sulfonamides is 1. The van der Waals surface area contributed by atoms with Crippen LogP contribution in [-0.2, 0) is 23.6 Å². The van der Waals surface area contributed by atoms with Crippen LogP contribution in [0.25, 0.3) is 5.69 Å². The number of benzene rings is 3. The number of nitrogens with zero attached hydrogens (tertiary/aromatic N) is 3. The van der Waals surface area contributed by atoms with Crippen molar-refractivity contribution < 1.29 is 13.2 Å². The smallest absolute Gasteiger partial charge is 0.296 e. The molecular weight excluding hydrogens is 464 g/mol. The normalized spacial score (nSPS) is 11.3. The van der Waals surface area contributed by atoms with Gasteiger partial charge in [0.15, 0.2) is 0 Å². The van der Waals surface area contributed by atoms with E-state index in [0.29, 0.717) is 17.9 Å². The molecule has 9 heteroatoms. The minimum Gasteiger partial charge on any atom is -0.337 e. The molecule has 0 atom stereocenters. The average molecular weight is 491 g/mol. The highest BCUT2D eigenvalue weighted by atomic mass is 32.2. The van der Waals surface area contributed by atoms with Gasteiger partial charge >= 0.3 is 0 Å². The third-order valence-corrected chi connectivity index (χ3v) is 7.14. The predicted octanol–water partition coefficient (Wildman–Crippen LogP) is 3.56. The third-order valence-electron chi connectivity index (χ3n) is 5.79. The van der Waals surface area contributed by atoms with E-state index in [1.54, 1.807) is 56.0 Å². The highest BCUT2D eigenvalue weighted by molar-refractivity contribution is 7.92. The Morgan fingerprint density at radius 3 is 2.23 bits per heavy atom. The number of anilines is 1. The number of carbonyl (C=O) groups is 1. The molecule has 4 rings (SSSR count). The molecule has 1 N–H and O–H groups in total. The second-order valence-corrected chi connectivity index (χ2v) is 9.90. The number of para-hydroxylation sites is 1. The van der Waals surface area contributed by atoms with Gasteiger partial charge in [-0.1, -0.05) is 54.6 Å². The van der Waals surface area contributed by atoms with Gasteiger partial charge < -0.3 is 4.90 Å². The number of hydrogen-bond donors (Lipinski definition) is 1. The molecule has 180 valence electrons. The van der Waals surface area contributed by atoms with Crippen molar-refractivity contribution in [3.8, 4) is 5.69 Å². The highest BCUT2D eigenvalue weighted by Crippen LogP contribution is 2.20. The maximum atomic E-state index is 13.2. The SMILES string of the molecule is Cc1c(NS(=O)(=O)c2cccc(C(=O)N(C)Cc3ccccc3)c2)c(=O)n(-c2ccccc2)n1C. The van der Waals surface area contributed by atoms with Crippen molar-refractivity contribution in [1.29, 1.82) is 0 Å². The van der Waals surface area contributed by atoms with E-state index in [9.17, 15) is 18.0 Å². The zero-order chi connectivity index (χ0) is 25.2. The molecule has 1 aromatic heterocycles. The third kappa shape index (κ3) is 4.90. The fraction of sp³-hybridized carbons (Fsp3) is 0.154. The number of nitrogens with one attached hydrogen (secondary N) is 1. The van der Waals surface area contributed by atoms with Crippen molar-refractivity contribution in [3.63, 3.8) is 0 Å². The van der Waals surface area contributed by atoms with E-state index in [0.717, 1.165) is 5.56 Å². The zero-order valence-corrected chi connectivity index (χ0v) is 20.5. The summed E-state index contributed by atoms with van der Waals surface area (Å²) in [6.07, 6.45) is 0. The minimum absolute atomic E-state index is 0.0470. The second-order valence-electron chi connectivity index (χ2n) is 8.22. The van der Waals surface area contributed by atoms with E-state index in [1.165, 1.54) is 27.8 Å². The first-order valence-electron chi connectivity index (χ1n) is 11.0. The van der Waals surface area contributed by atoms with E-state index < -0.39 is 15.6 Å². The summed E-state index contributed by atoms with van der Waals surface area (Å²) in [6.45, 7) is 2.05. The van der Waals surface area contributed by atoms with Crippen LogP contribution in [0, 0.1) is 6.92 Å². The number of carbonyl (C=O) groups excluding carboxylic acids is 1. The molecule has 1 amide bonds. The van der Waals surface area contributed by atoms with Crippen LogP contribution in [-0.4, -0.2) is 35.6 Å². The van der Waals surface area contributed by atoms with E-state index >= 15 is 0 Å². The quantitative estimate of drug-likeness (QED) is 0.429. The van der Waals surface area contributed by atoms with Crippen molar-refractivity contribution in [3.05, 3.63) is 112 Å². The van der Waals surface area contributed by atoms with Gasteiger partial charge in [0.05, 0.1) is 16.3 Å². The Kier molecular flexibility index (Phi) is 6.61. The molecule has 0 aliphatic carbocycles. The molecule has 0 spiro atoms. The van der Waals surface area contributed by atoms with E-state index in [1.807, 2.05) is 36.4 Å². The topological polar surface area (TPSA) is 93.4 Å². The molecule has 4 aromatic rings. The fourth-order valence-corrected chi connectivity index (χ4v) is 4.99. The Morgan fingerprint density at radius 1 is 0.943 bits per heavy atom. The number of amides is 1. The van der Waals surface area contributed by atoms with Crippen LogP contribution in [0.1, 0.15) is 21.6 Å². The minimum atomic E-state index is -4.13. The molecule has 0 bridgehead atoms. The van der Waals surface area contributed by atoms with Crippen molar-refractivity contribution in [1.82, 2.24) is 14.3 Å². The summed E-state index contributed by atoms with van der Waals surface area (Å²) in [4.78, 5) is 27.5. The van der Waals surface area contributed by atoms with Crippen molar-refractivity contribution in [2.24, 2.45) is 7.05 Å². The van der Waals surface area contributed by atoms with Crippen LogP contribution in [0.5, 0.6) is 0 Å². The Labute approximate surface area is 204 Å². The average Bonchev–Trinajstić information content (AvgIpc) is 3.07. The predicted molar refractivity (Wildman–Crippen MR) is 135 cm³/mol. The Balaban J connectivity index is 1.62. The number of rotatable bonds is 7.